The molecule has 0 atom stereocenters. The van der Waals surface area contributed by atoms with Crippen LogP contribution in [-0.4, -0.2) is 35.4 Å². The lowest BCUT2D eigenvalue weighted by Crippen LogP contribution is -2.62. The minimum atomic E-state index is -6.20. The van der Waals surface area contributed by atoms with Crippen LogP contribution in [-0.2, 0) is 0 Å². The third kappa shape index (κ3) is 3.53. The predicted molar refractivity (Wildman–Crippen MR) is 55.6 cm³/mol. The molecule has 0 spiro atoms. The normalized spacial score (nSPS) is 14.7. The van der Waals surface area contributed by atoms with E-state index in [2.05, 4.69) is 0 Å². The third-order valence-electron chi connectivity index (χ3n) is 2.81. The van der Waals surface area contributed by atoms with Crippen LogP contribution >= 0.6 is 0 Å². The fourth-order valence-electron chi connectivity index (χ4n) is 1.47. The lowest BCUT2D eigenvalue weighted by atomic mass is 9.93. The third-order valence-corrected chi connectivity index (χ3v) is 2.81. The summed E-state index contributed by atoms with van der Waals surface area (Å²) in [5.41, 5.74) is 0. The molecule has 0 rings (SSSR count). The van der Waals surface area contributed by atoms with Gasteiger partial charge in [0.1, 0.15) is 0 Å². The molecule has 9 heteroatoms. The van der Waals surface area contributed by atoms with Gasteiger partial charge in [-0.25, -0.2) is 0 Å². The van der Waals surface area contributed by atoms with Crippen LogP contribution in [0.25, 0.3) is 0 Å². The van der Waals surface area contributed by atoms with E-state index in [0.29, 0.717) is 0 Å². The van der Waals surface area contributed by atoms with Crippen molar-refractivity contribution >= 4 is 0 Å². The Morgan fingerprint density at radius 2 is 1.05 bits per heavy atom. The first-order valence-electron chi connectivity index (χ1n) is 5.99. The van der Waals surface area contributed by atoms with E-state index in [-0.39, 0.29) is 6.42 Å². The summed E-state index contributed by atoms with van der Waals surface area (Å²) >= 11 is 0. The van der Waals surface area contributed by atoms with Gasteiger partial charge in [0, 0.05) is 19.4 Å². The molecule has 0 amide bonds. The number of rotatable bonds is 9. The second-order valence-electron chi connectivity index (χ2n) is 4.49. The molecule has 122 valence electrons. The van der Waals surface area contributed by atoms with Gasteiger partial charge in [0.05, 0.1) is 0 Å². The maximum atomic E-state index is 13.2. The standard InChI is InChI=1S/C11H16F8O/c1-2-3-5-8(12,13)10(16,17)11(18,19)9(14,15)6-4-7-20/h20H,2-7H2,1H3. The molecular formula is C11H16F8O. The number of hydrogen-bond acceptors (Lipinski definition) is 1. The number of hydrogen-bond donors (Lipinski definition) is 1. The molecule has 0 bridgehead atoms. The average Bonchev–Trinajstić information content (AvgIpc) is 2.33. The van der Waals surface area contributed by atoms with Crippen molar-refractivity contribution in [3.05, 3.63) is 0 Å². The smallest absolute Gasteiger partial charge is 0.378 e. The van der Waals surface area contributed by atoms with E-state index in [4.69, 9.17) is 5.11 Å². The summed E-state index contributed by atoms with van der Waals surface area (Å²) in [4.78, 5) is 0. The highest BCUT2D eigenvalue weighted by Crippen LogP contribution is 2.55. The molecule has 0 saturated carbocycles. The van der Waals surface area contributed by atoms with Crippen molar-refractivity contribution in [2.45, 2.75) is 62.7 Å². The Hall–Kier alpha value is -0.600. The van der Waals surface area contributed by atoms with Crippen LogP contribution in [0.15, 0.2) is 0 Å². The highest BCUT2D eigenvalue weighted by molar-refractivity contribution is 5.03. The van der Waals surface area contributed by atoms with Crippen molar-refractivity contribution in [1.82, 2.24) is 0 Å². The molecule has 0 aromatic rings. The van der Waals surface area contributed by atoms with Gasteiger partial charge in [-0.15, -0.1) is 0 Å². The van der Waals surface area contributed by atoms with Crippen molar-refractivity contribution in [2.75, 3.05) is 6.61 Å². The van der Waals surface area contributed by atoms with Crippen molar-refractivity contribution in [1.29, 1.82) is 0 Å². The monoisotopic (exact) mass is 316 g/mol. The van der Waals surface area contributed by atoms with E-state index in [0.717, 1.165) is 0 Å². The Labute approximate surface area is 111 Å². The first-order valence-corrected chi connectivity index (χ1v) is 5.99. The zero-order chi connectivity index (χ0) is 16.2. The summed E-state index contributed by atoms with van der Waals surface area (Å²) in [6.45, 7) is 0.422. The minimum Gasteiger partial charge on any atom is -0.396 e. The Bertz CT molecular complexity index is 273. The van der Waals surface area contributed by atoms with Gasteiger partial charge in [-0.1, -0.05) is 13.3 Å². The summed E-state index contributed by atoms with van der Waals surface area (Å²) in [5.74, 6) is -23.0. The Balaban J connectivity index is 5.32. The van der Waals surface area contributed by atoms with Gasteiger partial charge in [0.25, 0.3) is 0 Å². The van der Waals surface area contributed by atoms with Crippen LogP contribution in [0.1, 0.15) is 39.0 Å². The molecule has 0 saturated heterocycles. The van der Waals surface area contributed by atoms with Crippen LogP contribution in [0.5, 0.6) is 0 Å². The van der Waals surface area contributed by atoms with E-state index in [9.17, 15) is 35.1 Å². The second kappa shape index (κ2) is 6.44. The second-order valence-corrected chi connectivity index (χ2v) is 4.49. The quantitative estimate of drug-likeness (QED) is 0.621. The molecule has 1 nitrogen and oxygen atoms in total. The van der Waals surface area contributed by atoms with E-state index in [1.165, 1.54) is 6.92 Å². The minimum absolute atomic E-state index is 0.0259. The van der Waals surface area contributed by atoms with Crippen LogP contribution in [0.2, 0.25) is 0 Å². The van der Waals surface area contributed by atoms with E-state index in [1.807, 2.05) is 0 Å². The highest BCUT2D eigenvalue weighted by atomic mass is 19.4. The van der Waals surface area contributed by atoms with Gasteiger partial charge >= 0.3 is 23.7 Å². The average molecular weight is 316 g/mol. The van der Waals surface area contributed by atoms with Crippen molar-refractivity contribution in [2.24, 2.45) is 0 Å². The van der Waals surface area contributed by atoms with Gasteiger partial charge in [-0.2, -0.15) is 35.1 Å². The molecule has 0 fully saturated rings. The molecule has 20 heavy (non-hydrogen) atoms. The zero-order valence-corrected chi connectivity index (χ0v) is 10.7. The van der Waals surface area contributed by atoms with Gasteiger partial charge in [0.15, 0.2) is 0 Å². The summed E-state index contributed by atoms with van der Waals surface area (Å²) in [6, 6.07) is 0. The fraction of sp³-hybridized carbons (Fsp3) is 1.00. The molecule has 0 aromatic carbocycles. The first kappa shape index (κ1) is 19.4. The van der Waals surface area contributed by atoms with Gasteiger partial charge in [-0.3, -0.25) is 0 Å². The van der Waals surface area contributed by atoms with Gasteiger partial charge in [0.2, 0.25) is 0 Å². The van der Waals surface area contributed by atoms with E-state index >= 15 is 0 Å². The lowest BCUT2D eigenvalue weighted by molar-refractivity contribution is -0.368. The summed E-state index contributed by atoms with van der Waals surface area (Å²) < 4.78 is 105. The largest absolute Gasteiger partial charge is 0.396 e. The van der Waals surface area contributed by atoms with Crippen molar-refractivity contribution in [3.63, 3.8) is 0 Å². The van der Waals surface area contributed by atoms with Gasteiger partial charge < -0.3 is 5.11 Å². The summed E-state index contributed by atoms with van der Waals surface area (Å²) in [7, 11) is 0. The maximum absolute atomic E-state index is 13.2. The molecule has 0 aromatic heterocycles. The summed E-state index contributed by atoms with van der Waals surface area (Å²) in [6.07, 6.45) is -4.80. The molecule has 0 unspecified atom stereocenters. The van der Waals surface area contributed by atoms with Gasteiger partial charge in [-0.05, 0) is 12.8 Å². The SMILES string of the molecule is CCCCC(F)(F)C(F)(F)C(F)(F)C(F)(F)CCCO. The molecule has 1 N–H and O–H groups in total. The van der Waals surface area contributed by atoms with Crippen LogP contribution in [0.4, 0.5) is 35.1 Å². The van der Waals surface area contributed by atoms with Crippen LogP contribution in [0.3, 0.4) is 0 Å². The van der Waals surface area contributed by atoms with Crippen molar-refractivity contribution < 1.29 is 40.2 Å². The Morgan fingerprint density at radius 3 is 1.35 bits per heavy atom. The molecule has 0 aliphatic rings. The predicted octanol–water partition coefficient (Wildman–Crippen LogP) is 4.49. The van der Waals surface area contributed by atoms with Crippen LogP contribution < -0.4 is 0 Å². The summed E-state index contributed by atoms with van der Waals surface area (Å²) in [5, 5.41) is 8.26. The molecule has 0 aliphatic heterocycles. The van der Waals surface area contributed by atoms with Crippen molar-refractivity contribution in [3.8, 4) is 0 Å². The Morgan fingerprint density at radius 1 is 0.700 bits per heavy atom. The Kier molecular flexibility index (Phi) is 6.25. The van der Waals surface area contributed by atoms with Crippen LogP contribution in [0, 0.1) is 0 Å². The van der Waals surface area contributed by atoms with E-state index in [1.54, 1.807) is 0 Å². The number of alkyl halides is 8. The number of halogens is 8. The molecule has 0 radical (unpaired) electrons. The highest BCUT2D eigenvalue weighted by Gasteiger charge is 2.79. The maximum Gasteiger partial charge on any atom is 0.378 e. The molecular weight excluding hydrogens is 300 g/mol. The topological polar surface area (TPSA) is 20.2 Å². The number of aliphatic hydroxyl groups is 1. The number of unbranched alkanes of at least 4 members (excludes halogenated alkanes) is 1. The first-order chi connectivity index (χ1) is 8.87. The molecule has 0 aliphatic carbocycles. The fourth-order valence-corrected chi connectivity index (χ4v) is 1.47. The van der Waals surface area contributed by atoms with E-state index < -0.39 is 56.0 Å². The zero-order valence-electron chi connectivity index (χ0n) is 10.7. The number of aliphatic hydroxyl groups excluding tert-OH is 1. The molecule has 0 heterocycles. The lowest BCUT2D eigenvalue weighted by Gasteiger charge is -2.36.